The Bertz CT molecular complexity index is 1810. The van der Waals surface area contributed by atoms with Gasteiger partial charge in [0.1, 0.15) is 0 Å². The van der Waals surface area contributed by atoms with Crippen molar-refractivity contribution in [2.24, 2.45) is 51.2 Å². The number of nitrogens with zero attached hydrogens (tertiary/aromatic N) is 2. The molecule has 1 heterocycles. The standard InChI is InChI=1S/C45H67N3O6S/c1-30(2)33-14-19-45(46-40(52)48(24-27-49)23-22-47-25-28-55(53,54)29-26-47)21-20-43(6)35(38(33)45)12-13-37-42(5)17-15-34(31-8-10-32(11-9-31)39(50)51)41(3,4)36(42)16-18-44(37,43)7/h8-11,15,33,35-38,49H,1,12-14,16-29H2,2-7H3,(H,46,52)(H,50,51). The maximum atomic E-state index is 14.3. The van der Waals surface area contributed by atoms with Gasteiger partial charge in [0.15, 0.2) is 9.84 Å². The van der Waals surface area contributed by atoms with Crippen molar-refractivity contribution < 1.29 is 28.2 Å². The Labute approximate surface area is 330 Å². The van der Waals surface area contributed by atoms with Crippen LogP contribution in [0.2, 0.25) is 0 Å². The molecule has 0 aromatic heterocycles. The Morgan fingerprint density at radius 1 is 0.909 bits per heavy atom. The first kappa shape index (κ1) is 40.5. The van der Waals surface area contributed by atoms with Crippen LogP contribution in [0.5, 0.6) is 0 Å². The first-order valence-corrected chi connectivity index (χ1v) is 22.9. The first-order valence-electron chi connectivity index (χ1n) is 21.1. The summed E-state index contributed by atoms with van der Waals surface area (Å²) in [7, 11) is -2.98. The Kier molecular flexibility index (Phi) is 10.5. The molecule has 6 aliphatic rings. The van der Waals surface area contributed by atoms with E-state index in [2.05, 4.69) is 64.4 Å². The normalized spacial score (nSPS) is 39.0. The van der Waals surface area contributed by atoms with Crippen LogP contribution >= 0.6 is 0 Å². The smallest absolute Gasteiger partial charge is 0.335 e. The van der Waals surface area contributed by atoms with Crippen LogP contribution in [0, 0.1) is 51.2 Å². The number of benzene rings is 1. The third-order valence-corrected chi connectivity index (χ3v) is 18.8. The van der Waals surface area contributed by atoms with E-state index in [1.165, 1.54) is 30.4 Å². The highest BCUT2D eigenvalue weighted by atomic mass is 32.2. The van der Waals surface area contributed by atoms with E-state index in [1.54, 1.807) is 17.0 Å². The summed E-state index contributed by atoms with van der Waals surface area (Å²) in [6.45, 7) is 21.6. The molecule has 3 N–H and O–H groups in total. The first-order chi connectivity index (χ1) is 25.8. The van der Waals surface area contributed by atoms with Gasteiger partial charge in [-0.25, -0.2) is 18.0 Å². The zero-order chi connectivity index (χ0) is 39.8. The minimum Gasteiger partial charge on any atom is -0.478 e. The molecule has 0 bridgehead atoms. The van der Waals surface area contributed by atoms with Gasteiger partial charge in [-0.1, -0.05) is 65.0 Å². The monoisotopic (exact) mass is 777 g/mol. The van der Waals surface area contributed by atoms with Gasteiger partial charge in [0, 0.05) is 38.3 Å². The largest absolute Gasteiger partial charge is 0.478 e. The number of hydrogen-bond acceptors (Lipinski definition) is 6. The summed E-state index contributed by atoms with van der Waals surface area (Å²) in [4.78, 5) is 29.8. The van der Waals surface area contributed by atoms with Crippen molar-refractivity contribution in [3.8, 4) is 0 Å². The van der Waals surface area contributed by atoms with Crippen molar-refractivity contribution in [3.05, 3.63) is 53.6 Å². The van der Waals surface area contributed by atoms with Gasteiger partial charge in [0.05, 0.1) is 23.7 Å². The molecule has 5 aliphatic carbocycles. The van der Waals surface area contributed by atoms with Crippen molar-refractivity contribution in [2.45, 2.75) is 105 Å². The highest BCUT2D eigenvalue weighted by Crippen LogP contribution is 2.76. The van der Waals surface area contributed by atoms with Crippen molar-refractivity contribution >= 4 is 27.4 Å². The maximum Gasteiger partial charge on any atom is 0.335 e. The number of allylic oxidation sites excluding steroid dienone is 3. The summed E-state index contributed by atoms with van der Waals surface area (Å²) in [5.74, 6) is 1.63. The van der Waals surface area contributed by atoms with E-state index in [1.807, 2.05) is 12.1 Å². The fraction of sp³-hybridized carbons (Fsp3) is 0.733. The quantitative estimate of drug-likeness (QED) is 0.222. The van der Waals surface area contributed by atoms with Gasteiger partial charge >= 0.3 is 12.0 Å². The molecule has 55 heavy (non-hydrogen) atoms. The Hall–Kier alpha value is -2.69. The van der Waals surface area contributed by atoms with E-state index in [0.29, 0.717) is 61.3 Å². The average Bonchev–Trinajstić information content (AvgIpc) is 3.50. The summed E-state index contributed by atoms with van der Waals surface area (Å²) < 4.78 is 24.0. The second kappa shape index (κ2) is 14.3. The zero-order valence-electron chi connectivity index (χ0n) is 34.3. The number of hydrogen-bond donors (Lipinski definition) is 3. The van der Waals surface area contributed by atoms with Gasteiger partial charge in [-0.15, -0.1) is 0 Å². The van der Waals surface area contributed by atoms with Crippen molar-refractivity contribution in [1.29, 1.82) is 0 Å². The molecule has 1 saturated heterocycles. The number of aromatic carboxylic acids is 1. The molecule has 10 heteroatoms. The van der Waals surface area contributed by atoms with Gasteiger partial charge in [-0.05, 0) is 139 Å². The molecule has 1 aromatic rings. The number of carboxylic acid groups (broad SMARTS) is 1. The van der Waals surface area contributed by atoms with Crippen LogP contribution in [0.4, 0.5) is 4.79 Å². The average molecular weight is 778 g/mol. The van der Waals surface area contributed by atoms with E-state index in [-0.39, 0.29) is 57.9 Å². The molecule has 7 rings (SSSR count). The lowest BCUT2D eigenvalue weighted by Gasteiger charge is -2.72. The number of aliphatic hydroxyl groups excluding tert-OH is 1. The molecule has 0 radical (unpaired) electrons. The second-order valence-electron chi connectivity index (χ2n) is 19.9. The SMILES string of the molecule is C=C(C)C1CCC2(NC(=O)N(CCO)CCN3CCS(=O)(=O)CC3)CCC3(C)C(CCC4C5(C)CC=C(c6ccc(C(=O)O)cc6)C(C)(C)C5CCC43C)C12. The molecular formula is C45H67N3O6S. The minimum absolute atomic E-state index is 0.0501. The third-order valence-electron chi connectivity index (χ3n) is 17.2. The molecule has 5 fully saturated rings. The van der Waals surface area contributed by atoms with E-state index >= 15 is 0 Å². The number of carbonyl (C=O) groups is 2. The van der Waals surface area contributed by atoms with Crippen molar-refractivity contribution in [1.82, 2.24) is 15.1 Å². The van der Waals surface area contributed by atoms with Crippen LogP contribution in [0.1, 0.15) is 115 Å². The van der Waals surface area contributed by atoms with Crippen LogP contribution in [0.25, 0.3) is 5.57 Å². The summed E-state index contributed by atoms with van der Waals surface area (Å²) >= 11 is 0. The molecule has 1 aliphatic heterocycles. The van der Waals surface area contributed by atoms with Crippen LogP contribution in [0.15, 0.2) is 42.5 Å². The number of aliphatic hydroxyl groups is 1. The number of carboxylic acids is 1. The molecule has 9 atom stereocenters. The lowest BCUT2D eigenvalue weighted by molar-refractivity contribution is -0.218. The highest BCUT2D eigenvalue weighted by Gasteiger charge is 2.70. The summed E-state index contributed by atoms with van der Waals surface area (Å²) in [6, 6.07) is 7.37. The molecule has 304 valence electrons. The molecule has 1 aromatic carbocycles. The van der Waals surface area contributed by atoms with E-state index in [9.17, 15) is 28.2 Å². The number of nitrogens with one attached hydrogen (secondary N) is 1. The molecule has 4 saturated carbocycles. The van der Waals surface area contributed by atoms with Gasteiger partial charge in [-0.3, -0.25) is 4.90 Å². The molecule has 2 amide bonds. The highest BCUT2D eigenvalue weighted by molar-refractivity contribution is 7.91. The Balaban J connectivity index is 1.14. The van der Waals surface area contributed by atoms with Gasteiger partial charge in [0.2, 0.25) is 0 Å². The summed E-state index contributed by atoms with van der Waals surface area (Å²) in [6.07, 6.45) is 12.2. The topological polar surface area (TPSA) is 127 Å². The zero-order valence-corrected chi connectivity index (χ0v) is 35.1. The Morgan fingerprint density at radius 3 is 2.24 bits per heavy atom. The second-order valence-corrected chi connectivity index (χ2v) is 22.2. The number of rotatable bonds is 9. The number of amides is 2. The number of fused-ring (bicyclic) bond motifs is 7. The van der Waals surface area contributed by atoms with Crippen molar-refractivity contribution in [2.75, 3.05) is 50.8 Å². The van der Waals surface area contributed by atoms with Crippen molar-refractivity contribution in [3.63, 3.8) is 0 Å². The fourth-order valence-corrected chi connectivity index (χ4v) is 15.5. The molecular weight excluding hydrogens is 711 g/mol. The third kappa shape index (κ3) is 6.62. The Morgan fingerprint density at radius 2 is 1.60 bits per heavy atom. The molecule has 9 unspecified atom stereocenters. The fourth-order valence-electron chi connectivity index (χ4n) is 14.2. The van der Waals surface area contributed by atoms with Crippen LogP contribution in [-0.4, -0.2) is 96.8 Å². The van der Waals surface area contributed by atoms with Gasteiger partial charge in [0.25, 0.3) is 0 Å². The number of carbonyl (C=O) groups excluding carboxylic acids is 1. The van der Waals surface area contributed by atoms with Crippen LogP contribution < -0.4 is 5.32 Å². The van der Waals surface area contributed by atoms with Gasteiger partial charge < -0.3 is 20.4 Å². The lowest BCUT2D eigenvalue weighted by Crippen LogP contribution is -2.69. The number of urea groups is 1. The number of sulfone groups is 1. The molecule has 0 spiro atoms. The van der Waals surface area contributed by atoms with E-state index in [0.717, 1.165) is 44.1 Å². The molecule has 9 nitrogen and oxygen atoms in total. The predicted molar refractivity (Wildman–Crippen MR) is 218 cm³/mol. The summed E-state index contributed by atoms with van der Waals surface area (Å²) in [5, 5.41) is 23.2. The summed E-state index contributed by atoms with van der Waals surface area (Å²) in [5.41, 5.74) is 4.07. The maximum absolute atomic E-state index is 14.3. The van der Waals surface area contributed by atoms with E-state index in [4.69, 9.17) is 0 Å². The lowest BCUT2D eigenvalue weighted by atomic mass is 9.33. The van der Waals surface area contributed by atoms with Crippen LogP contribution in [-0.2, 0) is 9.84 Å². The van der Waals surface area contributed by atoms with Crippen LogP contribution in [0.3, 0.4) is 0 Å². The van der Waals surface area contributed by atoms with Gasteiger partial charge in [-0.2, -0.15) is 0 Å². The van der Waals surface area contributed by atoms with E-state index < -0.39 is 15.8 Å². The minimum atomic E-state index is -2.98. The predicted octanol–water partition coefficient (Wildman–Crippen LogP) is 7.52.